The predicted molar refractivity (Wildman–Crippen MR) is 68.5 cm³/mol. The highest BCUT2D eigenvalue weighted by Crippen LogP contribution is 2.35. The lowest BCUT2D eigenvalue weighted by Crippen LogP contribution is -1.69. The van der Waals surface area contributed by atoms with E-state index in [4.69, 9.17) is 5.11 Å². The van der Waals surface area contributed by atoms with Crippen molar-refractivity contribution in [3.05, 3.63) is 48.5 Å². The highest BCUT2D eigenvalue weighted by molar-refractivity contribution is 5.57. The standard InChI is InChI=1S/C12H10N2O2.CH4O/c15-11-8-4-7-10(12(11)16)14-13-9-5-2-1-3-6-9;1-2/h1-8,15-16H;2H,1H3. The minimum absolute atomic E-state index is 0.204. The molecule has 0 bridgehead atoms. The molecule has 0 radical (unpaired) electrons. The summed E-state index contributed by atoms with van der Waals surface area (Å²) in [5.74, 6) is -0.466. The fraction of sp³-hybridized carbons (Fsp3) is 0.0769. The molecule has 2 aromatic carbocycles. The highest BCUT2D eigenvalue weighted by Gasteiger charge is 2.03. The first-order chi connectivity index (χ1) is 8.77. The van der Waals surface area contributed by atoms with Gasteiger partial charge in [-0.1, -0.05) is 24.3 Å². The summed E-state index contributed by atoms with van der Waals surface area (Å²) in [7, 11) is 1.00. The second kappa shape index (κ2) is 7.03. The summed E-state index contributed by atoms with van der Waals surface area (Å²) in [5, 5.41) is 33.5. The van der Waals surface area contributed by atoms with Gasteiger partial charge in [-0.25, -0.2) is 0 Å². The molecule has 0 heterocycles. The largest absolute Gasteiger partial charge is 0.504 e. The Kier molecular flexibility index (Phi) is 5.34. The molecule has 0 spiro atoms. The molecule has 2 rings (SSSR count). The molecule has 0 atom stereocenters. The number of benzene rings is 2. The fourth-order valence-corrected chi connectivity index (χ4v) is 1.21. The molecule has 94 valence electrons. The van der Waals surface area contributed by atoms with Gasteiger partial charge in [0.25, 0.3) is 0 Å². The Bertz CT molecular complexity index is 513. The van der Waals surface area contributed by atoms with Gasteiger partial charge in [-0.15, -0.1) is 5.11 Å². The van der Waals surface area contributed by atoms with E-state index in [0.29, 0.717) is 5.69 Å². The molecule has 5 nitrogen and oxygen atoms in total. The summed E-state index contributed by atoms with van der Waals surface area (Å²) in [4.78, 5) is 0. The predicted octanol–water partition coefficient (Wildman–Crippen LogP) is 3.12. The Labute approximate surface area is 105 Å². The summed E-state index contributed by atoms with van der Waals surface area (Å²) >= 11 is 0. The maximum absolute atomic E-state index is 9.47. The first kappa shape index (κ1) is 13.7. The van der Waals surface area contributed by atoms with Crippen LogP contribution < -0.4 is 0 Å². The van der Waals surface area contributed by atoms with E-state index in [0.717, 1.165) is 7.11 Å². The monoisotopic (exact) mass is 246 g/mol. The number of azo groups is 1. The van der Waals surface area contributed by atoms with E-state index >= 15 is 0 Å². The van der Waals surface area contributed by atoms with Crippen molar-refractivity contribution in [2.24, 2.45) is 10.2 Å². The van der Waals surface area contributed by atoms with Gasteiger partial charge in [-0.05, 0) is 24.3 Å². The van der Waals surface area contributed by atoms with E-state index in [1.165, 1.54) is 6.07 Å². The normalized spacial score (nSPS) is 9.89. The minimum atomic E-state index is -0.262. The zero-order valence-electron chi connectivity index (χ0n) is 9.85. The van der Waals surface area contributed by atoms with Crippen molar-refractivity contribution < 1.29 is 15.3 Å². The molecule has 2 aromatic rings. The smallest absolute Gasteiger partial charge is 0.185 e. The number of rotatable bonds is 2. The number of nitrogens with zero attached hydrogens (tertiary/aromatic N) is 2. The average Bonchev–Trinajstić information content (AvgIpc) is 2.44. The van der Waals surface area contributed by atoms with E-state index in [-0.39, 0.29) is 17.2 Å². The molecular formula is C13H14N2O3. The molecule has 0 aliphatic rings. The van der Waals surface area contributed by atoms with Crippen LogP contribution in [-0.2, 0) is 0 Å². The first-order valence-electron chi connectivity index (χ1n) is 5.20. The lowest BCUT2D eigenvalue weighted by atomic mass is 10.3. The van der Waals surface area contributed by atoms with Crippen molar-refractivity contribution in [3.8, 4) is 11.5 Å². The number of phenols is 2. The average molecular weight is 246 g/mol. The molecule has 18 heavy (non-hydrogen) atoms. The van der Waals surface area contributed by atoms with Crippen molar-refractivity contribution in [1.82, 2.24) is 0 Å². The van der Waals surface area contributed by atoms with E-state index in [9.17, 15) is 10.2 Å². The van der Waals surface area contributed by atoms with Crippen LogP contribution in [0.15, 0.2) is 58.8 Å². The van der Waals surface area contributed by atoms with Crippen molar-refractivity contribution in [3.63, 3.8) is 0 Å². The zero-order valence-corrected chi connectivity index (χ0v) is 9.85. The van der Waals surface area contributed by atoms with Crippen LogP contribution in [0.1, 0.15) is 0 Å². The van der Waals surface area contributed by atoms with Gasteiger partial charge >= 0.3 is 0 Å². The molecule has 0 aliphatic carbocycles. The number of hydrogen-bond donors (Lipinski definition) is 3. The third-order valence-corrected chi connectivity index (χ3v) is 2.02. The van der Waals surface area contributed by atoms with Gasteiger partial charge in [-0.3, -0.25) is 0 Å². The van der Waals surface area contributed by atoms with Crippen LogP contribution in [-0.4, -0.2) is 22.4 Å². The van der Waals surface area contributed by atoms with Crippen LogP contribution in [0.25, 0.3) is 0 Å². The van der Waals surface area contributed by atoms with Gasteiger partial charge < -0.3 is 15.3 Å². The maximum Gasteiger partial charge on any atom is 0.185 e. The summed E-state index contributed by atoms with van der Waals surface area (Å²) in [6.45, 7) is 0. The van der Waals surface area contributed by atoms with Gasteiger partial charge in [0, 0.05) is 7.11 Å². The van der Waals surface area contributed by atoms with Crippen LogP contribution in [0.2, 0.25) is 0 Å². The van der Waals surface area contributed by atoms with Crippen molar-refractivity contribution in [2.75, 3.05) is 7.11 Å². The molecule has 0 saturated heterocycles. The van der Waals surface area contributed by atoms with Crippen molar-refractivity contribution in [2.45, 2.75) is 0 Å². The second-order valence-electron chi connectivity index (χ2n) is 3.18. The topological polar surface area (TPSA) is 85.4 Å². The fourth-order valence-electron chi connectivity index (χ4n) is 1.21. The Morgan fingerprint density at radius 2 is 1.44 bits per heavy atom. The molecule has 0 saturated carbocycles. The Morgan fingerprint density at radius 3 is 2.11 bits per heavy atom. The summed E-state index contributed by atoms with van der Waals surface area (Å²) in [6, 6.07) is 13.7. The number of hydrogen-bond acceptors (Lipinski definition) is 5. The SMILES string of the molecule is CO.Oc1cccc(N=Nc2ccccc2)c1O. The summed E-state index contributed by atoms with van der Waals surface area (Å²) < 4.78 is 0. The van der Waals surface area contributed by atoms with Crippen LogP contribution in [0, 0.1) is 0 Å². The number of aliphatic hydroxyl groups excluding tert-OH is 1. The summed E-state index contributed by atoms with van der Waals surface area (Å²) in [6.07, 6.45) is 0. The van der Waals surface area contributed by atoms with Gasteiger partial charge in [-0.2, -0.15) is 5.11 Å². The third-order valence-electron chi connectivity index (χ3n) is 2.02. The molecule has 5 heteroatoms. The van der Waals surface area contributed by atoms with Crippen LogP contribution in [0.3, 0.4) is 0 Å². The second-order valence-corrected chi connectivity index (χ2v) is 3.18. The molecule has 3 N–H and O–H groups in total. The van der Waals surface area contributed by atoms with Crippen LogP contribution in [0.4, 0.5) is 11.4 Å². The van der Waals surface area contributed by atoms with Crippen LogP contribution in [0.5, 0.6) is 11.5 Å². The summed E-state index contributed by atoms with van der Waals surface area (Å²) in [5.41, 5.74) is 0.925. The number of para-hydroxylation sites is 1. The van der Waals surface area contributed by atoms with E-state index in [1.807, 2.05) is 18.2 Å². The number of aliphatic hydroxyl groups is 1. The van der Waals surface area contributed by atoms with Gasteiger partial charge in [0.1, 0.15) is 5.69 Å². The molecular weight excluding hydrogens is 232 g/mol. The molecule has 0 aliphatic heterocycles. The molecule has 0 amide bonds. The number of phenolic OH excluding ortho intramolecular Hbond substituents is 2. The maximum atomic E-state index is 9.47. The Balaban J connectivity index is 0.000000771. The quantitative estimate of drug-likeness (QED) is 0.562. The van der Waals surface area contributed by atoms with Gasteiger partial charge in [0.05, 0.1) is 5.69 Å². The van der Waals surface area contributed by atoms with Gasteiger partial charge in [0.15, 0.2) is 11.5 Å². The third kappa shape index (κ3) is 3.57. The Hall–Kier alpha value is -2.40. The van der Waals surface area contributed by atoms with E-state index < -0.39 is 0 Å². The minimum Gasteiger partial charge on any atom is -0.504 e. The van der Waals surface area contributed by atoms with E-state index in [1.54, 1.807) is 24.3 Å². The zero-order chi connectivity index (χ0) is 13.4. The van der Waals surface area contributed by atoms with Crippen molar-refractivity contribution >= 4 is 11.4 Å². The van der Waals surface area contributed by atoms with Gasteiger partial charge in [0.2, 0.25) is 0 Å². The number of aromatic hydroxyl groups is 2. The Morgan fingerprint density at radius 1 is 0.778 bits per heavy atom. The van der Waals surface area contributed by atoms with Crippen LogP contribution >= 0.6 is 0 Å². The lowest BCUT2D eigenvalue weighted by Gasteiger charge is -1.99. The molecule has 0 aromatic heterocycles. The molecule has 0 fully saturated rings. The van der Waals surface area contributed by atoms with Crippen molar-refractivity contribution in [1.29, 1.82) is 0 Å². The lowest BCUT2D eigenvalue weighted by molar-refractivity contribution is 0.399. The highest BCUT2D eigenvalue weighted by atomic mass is 16.3. The first-order valence-corrected chi connectivity index (χ1v) is 5.20. The molecule has 0 unspecified atom stereocenters. The van der Waals surface area contributed by atoms with E-state index in [2.05, 4.69) is 10.2 Å².